The maximum Gasteiger partial charge on any atom is 0.220 e. The molecule has 2 heterocycles. The smallest absolute Gasteiger partial charge is 0.220 e. The molecular formula is C22H22N4OS. The molecule has 28 heavy (non-hydrogen) atoms. The van der Waals surface area contributed by atoms with Crippen molar-refractivity contribution in [3.63, 3.8) is 0 Å². The quantitative estimate of drug-likeness (QED) is 0.523. The standard InChI is InChI=1S/C22H22N4OS/c1-15(18-14-23-26(16(18)2)17-8-4-3-5-9-17)24-21(27)12-13-22-25-19-10-6-7-11-20(19)28-22/h3-11,14-15H,12-13H2,1-2H3,(H,24,27)/t15-/m0/s1. The minimum atomic E-state index is -0.0969. The van der Waals surface area contributed by atoms with Crippen LogP contribution in [0.3, 0.4) is 0 Å². The lowest BCUT2D eigenvalue weighted by Crippen LogP contribution is -2.27. The molecule has 6 heteroatoms. The van der Waals surface area contributed by atoms with Crippen molar-refractivity contribution in [1.29, 1.82) is 0 Å². The molecule has 0 spiro atoms. The number of nitrogens with zero attached hydrogens (tertiary/aromatic N) is 3. The van der Waals surface area contributed by atoms with Gasteiger partial charge in [0.05, 0.1) is 33.2 Å². The molecule has 2 aromatic heterocycles. The molecule has 0 fully saturated rings. The van der Waals surface area contributed by atoms with Gasteiger partial charge in [-0.1, -0.05) is 30.3 Å². The van der Waals surface area contributed by atoms with E-state index in [1.54, 1.807) is 11.3 Å². The first kappa shape index (κ1) is 18.4. The third-order valence-electron chi connectivity index (χ3n) is 4.80. The van der Waals surface area contributed by atoms with Crippen LogP contribution >= 0.6 is 11.3 Å². The molecule has 0 bridgehead atoms. The van der Waals surface area contributed by atoms with E-state index < -0.39 is 0 Å². The van der Waals surface area contributed by atoms with Crippen LogP contribution in [0.2, 0.25) is 0 Å². The minimum absolute atomic E-state index is 0.0265. The fourth-order valence-electron chi connectivity index (χ4n) is 3.32. The van der Waals surface area contributed by atoms with Crippen LogP contribution in [0.1, 0.15) is 35.7 Å². The summed E-state index contributed by atoms with van der Waals surface area (Å²) in [6, 6.07) is 18.0. The number of hydrogen-bond donors (Lipinski definition) is 1. The second-order valence-electron chi connectivity index (χ2n) is 6.80. The molecule has 1 atom stereocenters. The molecule has 0 saturated carbocycles. The minimum Gasteiger partial charge on any atom is -0.349 e. The van der Waals surface area contributed by atoms with Gasteiger partial charge in [-0.25, -0.2) is 9.67 Å². The Morgan fingerprint density at radius 2 is 1.89 bits per heavy atom. The van der Waals surface area contributed by atoms with Gasteiger partial charge in [-0.3, -0.25) is 4.79 Å². The van der Waals surface area contributed by atoms with Crippen molar-refractivity contribution in [1.82, 2.24) is 20.1 Å². The highest BCUT2D eigenvalue weighted by Crippen LogP contribution is 2.23. The number of para-hydroxylation sites is 2. The van der Waals surface area contributed by atoms with Gasteiger partial charge in [-0.2, -0.15) is 5.10 Å². The zero-order valence-corrected chi connectivity index (χ0v) is 16.7. The van der Waals surface area contributed by atoms with Gasteiger partial charge < -0.3 is 5.32 Å². The number of carbonyl (C=O) groups is 1. The van der Waals surface area contributed by atoms with Crippen LogP contribution in [-0.4, -0.2) is 20.7 Å². The summed E-state index contributed by atoms with van der Waals surface area (Å²) in [4.78, 5) is 17.0. The zero-order valence-electron chi connectivity index (χ0n) is 15.9. The van der Waals surface area contributed by atoms with E-state index in [0.717, 1.165) is 32.2 Å². The average molecular weight is 391 g/mol. The van der Waals surface area contributed by atoms with Crippen molar-refractivity contribution in [2.45, 2.75) is 32.7 Å². The Kier molecular flexibility index (Phi) is 5.21. The first-order valence-corrected chi connectivity index (χ1v) is 10.2. The summed E-state index contributed by atoms with van der Waals surface area (Å²) < 4.78 is 3.06. The number of aromatic nitrogens is 3. The van der Waals surface area contributed by atoms with Crippen LogP contribution in [-0.2, 0) is 11.2 Å². The second kappa shape index (κ2) is 7.94. The molecule has 1 N–H and O–H groups in total. The molecular weight excluding hydrogens is 368 g/mol. The topological polar surface area (TPSA) is 59.8 Å². The molecule has 1 amide bonds. The highest BCUT2D eigenvalue weighted by molar-refractivity contribution is 7.18. The van der Waals surface area contributed by atoms with Crippen LogP contribution in [0.15, 0.2) is 60.8 Å². The third-order valence-corrected chi connectivity index (χ3v) is 5.89. The Hall–Kier alpha value is -2.99. The molecule has 0 radical (unpaired) electrons. The van der Waals surface area contributed by atoms with Crippen LogP contribution < -0.4 is 5.32 Å². The van der Waals surface area contributed by atoms with E-state index in [2.05, 4.69) is 21.5 Å². The Morgan fingerprint density at radius 3 is 2.68 bits per heavy atom. The lowest BCUT2D eigenvalue weighted by Gasteiger charge is -2.14. The first-order valence-electron chi connectivity index (χ1n) is 9.35. The van der Waals surface area contributed by atoms with Gasteiger partial charge in [0, 0.05) is 24.1 Å². The molecule has 0 saturated heterocycles. The van der Waals surface area contributed by atoms with Gasteiger partial charge in [0.2, 0.25) is 5.91 Å². The van der Waals surface area contributed by atoms with E-state index in [1.807, 2.05) is 73.3 Å². The van der Waals surface area contributed by atoms with Gasteiger partial charge in [0.1, 0.15) is 0 Å². The van der Waals surface area contributed by atoms with Gasteiger partial charge in [0.25, 0.3) is 0 Å². The number of aryl methyl sites for hydroxylation is 1. The van der Waals surface area contributed by atoms with E-state index in [9.17, 15) is 4.79 Å². The summed E-state index contributed by atoms with van der Waals surface area (Å²) >= 11 is 1.65. The summed E-state index contributed by atoms with van der Waals surface area (Å²) in [7, 11) is 0. The number of fused-ring (bicyclic) bond motifs is 1. The summed E-state index contributed by atoms with van der Waals surface area (Å²) in [5.41, 5.74) is 4.07. The predicted octanol–water partition coefficient (Wildman–Crippen LogP) is 4.60. The SMILES string of the molecule is Cc1c([C@H](C)NC(=O)CCc2nc3ccccc3s2)cnn1-c1ccccc1. The summed E-state index contributed by atoms with van der Waals surface area (Å²) in [5.74, 6) is 0.0265. The molecule has 0 aliphatic rings. The van der Waals surface area contributed by atoms with Gasteiger partial charge in [-0.05, 0) is 38.1 Å². The van der Waals surface area contributed by atoms with Crippen LogP contribution in [0.4, 0.5) is 0 Å². The van der Waals surface area contributed by atoms with E-state index >= 15 is 0 Å². The molecule has 0 aliphatic carbocycles. The van der Waals surface area contributed by atoms with E-state index in [4.69, 9.17) is 0 Å². The summed E-state index contributed by atoms with van der Waals surface area (Å²) in [6.45, 7) is 4.02. The first-order chi connectivity index (χ1) is 13.6. The van der Waals surface area contributed by atoms with E-state index in [0.29, 0.717) is 12.8 Å². The molecule has 0 unspecified atom stereocenters. The van der Waals surface area contributed by atoms with Crippen molar-refractivity contribution < 1.29 is 4.79 Å². The lowest BCUT2D eigenvalue weighted by molar-refractivity contribution is -0.121. The Bertz CT molecular complexity index is 1070. The molecule has 0 aliphatic heterocycles. The largest absolute Gasteiger partial charge is 0.349 e. The number of thiazole rings is 1. The van der Waals surface area contributed by atoms with Crippen molar-refractivity contribution >= 4 is 27.5 Å². The number of rotatable bonds is 6. The van der Waals surface area contributed by atoms with E-state index in [-0.39, 0.29) is 11.9 Å². The lowest BCUT2D eigenvalue weighted by atomic mass is 10.1. The molecule has 142 valence electrons. The second-order valence-corrected chi connectivity index (χ2v) is 7.91. The van der Waals surface area contributed by atoms with Crippen LogP contribution in [0, 0.1) is 6.92 Å². The maximum absolute atomic E-state index is 12.4. The van der Waals surface area contributed by atoms with Gasteiger partial charge in [0.15, 0.2) is 0 Å². The molecule has 2 aromatic carbocycles. The number of hydrogen-bond acceptors (Lipinski definition) is 4. The summed E-state index contributed by atoms with van der Waals surface area (Å²) in [5, 5.41) is 8.58. The Labute approximate surface area is 168 Å². The number of nitrogens with one attached hydrogen (secondary N) is 1. The molecule has 5 nitrogen and oxygen atoms in total. The highest BCUT2D eigenvalue weighted by Gasteiger charge is 2.16. The average Bonchev–Trinajstić information content (AvgIpc) is 3.30. The van der Waals surface area contributed by atoms with Crippen LogP contribution in [0.25, 0.3) is 15.9 Å². The fourth-order valence-corrected chi connectivity index (χ4v) is 4.28. The molecule has 4 rings (SSSR count). The van der Waals surface area contributed by atoms with Crippen molar-refractivity contribution in [3.05, 3.63) is 77.1 Å². The van der Waals surface area contributed by atoms with Crippen LogP contribution in [0.5, 0.6) is 0 Å². The highest BCUT2D eigenvalue weighted by atomic mass is 32.1. The Balaban J connectivity index is 1.38. The van der Waals surface area contributed by atoms with Gasteiger partial charge >= 0.3 is 0 Å². The maximum atomic E-state index is 12.4. The fraction of sp³-hybridized carbons (Fsp3) is 0.227. The predicted molar refractivity (Wildman–Crippen MR) is 113 cm³/mol. The normalized spacial score (nSPS) is 12.2. The number of amides is 1. The molecule has 4 aromatic rings. The van der Waals surface area contributed by atoms with E-state index in [1.165, 1.54) is 0 Å². The van der Waals surface area contributed by atoms with Crippen molar-refractivity contribution in [2.75, 3.05) is 0 Å². The number of carbonyl (C=O) groups excluding carboxylic acids is 1. The Morgan fingerprint density at radius 1 is 1.14 bits per heavy atom. The van der Waals surface area contributed by atoms with Crippen molar-refractivity contribution in [3.8, 4) is 5.69 Å². The summed E-state index contributed by atoms with van der Waals surface area (Å²) in [6.07, 6.45) is 2.91. The zero-order chi connectivity index (χ0) is 19.5. The van der Waals surface area contributed by atoms with Gasteiger partial charge in [-0.15, -0.1) is 11.3 Å². The monoisotopic (exact) mass is 390 g/mol. The number of benzene rings is 2. The van der Waals surface area contributed by atoms with Crippen molar-refractivity contribution in [2.24, 2.45) is 0 Å². The third kappa shape index (κ3) is 3.82.